The van der Waals surface area contributed by atoms with Crippen molar-refractivity contribution in [3.8, 4) is 0 Å². The van der Waals surface area contributed by atoms with Crippen molar-refractivity contribution in [3.63, 3.8) is 0 Å². The molecular weight excluding hydrogens is 111 g/mol. The van der Waals surface area contributed by atoms with Crippen LogP contribution in [0.5, 0.6) is 0 Å². The van der Waals surface area contributed by atoms with Crippen LogP contribution in [-0.4, -0.2) is 0 Å². The van der Waals surface area contributed by atoms with Gasteiger partial charge in [0.05, 0.1) is 0 Å². The summed E-state index contributed by atoms with van der Waals surface area (Å²) in [5, 5.41) is 0. The van der Waals surface area contributed by atoms with Gasteiger partial charge in [0.25, 0.3) is 0 Å². The molecule has 0 saturated carbocycles. The largest absolute Gasteiger partial charge is 1.00 e. The number of allylic oxidation sites excluding steroid dienone is 4. The fourth-order valence-electron chi connectivity index (χ4n) is 0.496. The number of hydrogen-bond acceptors (Lipinski definition) is 0. The summed E-state index contributed by atoms with van der Waals surface area (Å²) in [6, 6.07) is 0. The maximum atomic E-state index is 3.06. The Morgan fingerprint density at radius 2 is 2.43 bits per heavy atom. The zero-order chi connectivity index (χ0) is 4.41. The monoisotopic (exact) mass is 118 g/mol. The van der Waals surface area contributed by atoms with Crippen LogP contribution in [0.25, 0.3) is 0 Å². The van der Waals surface area contributed by atoms with Crippen LogP contribution >= 0.6 is 0 Å². The van der Waals surface area contributed by atoms with Crippen LogP contribution in [0, 0.1) is 6.08 Å². The average molecular weight is 118 g/mol. The summed E-state index contributed by atoms with van der Waals surface area (Å²) in [6.45, 7) is 2.08. The van der Waals surface area contributed by atoms with Crippen molar-refractivity contribution in [3.05, 3.63) is 23.8 Å². The number of hydrogen-bond donors (Lipinski definition) is 0. The Balaban J connectivity index is 0.000000360. The van der Waals surface area contributed by atoms with Gasteiger partial charge in [-0.15, -0.1) is 0 Å². The van der Waals surface area contributed by atoms with E-state index in [0.29, 0.717) is 0 Å². The third kappa shape index (κ3) is 2.83. The van der Waals surface area contributed by atoms with E-state index in [4.69, 9.17) is 0 Å². The van der Waals surface area contributed by atoms with Crippen molar-refractivity contribution in [2.45, 2.75) is 13.3 Å². The Hall–Kier alpha value is 1.12. The van der Waals surface area contributed by atoms with E-state index in [9.17, 15) is 0 Å². The first kappa shape index (κ1) is 8.12. The molecule has 0 bridgehead atoms. The molecule has 0 fully saturated rings. The molecule has 0 nitrogen and oxygen atoms in total. The van der Waals surface area contributed by atoms with Crippen LogP contribution in [0.4, 0.5) is 0 Å². The molecule has 0 atom stereocenters. The molecule has 1 aliphatic rings. The maximum absolute atomic E-state index is 3.06. The predicted molar refractivity (Wildman–Crippen MR) is 26.2 cm³/mol. The fraction of sp³-hybridized carbons (Fsp3) is 0.333. The first-order valence-corrected chi connectivity index (χ1v) is 2.13. The third-order valence-corrected chi connectivity index (χ3v) is 0.872. The molecule has 0 aromatic heterocycles. The Morgan fingerprint density at radius 3 is 2.57 bits per heavy atom. The Bertz CT molecular complexity index is 101. The second-order valence-electron chi connectivity index (χ2n) is 1.53. The van der Waals surface area contributed by atoms with Crippen molar-refractivity contribution in [2.24, 2.45) is 0 Å². The predicted octanol–water partition coefficient (Wildman–Crippen LogP) is -1.30. The minimum absolute atomic E-state index is 0. The molecule has 0 aromatic rings. The summed E-state index contributed by atoms with van der Waals surface area (Å²) in [6.07, 6.45) is 8.24. The first-order chi connectivity index (χ1) is 2.89. The average Bonchev–Trinajstić information content (AvgIpc) is 1.86. The molecule has 0 unspecified atom stereocenters. The molecule has 0 aliphatic heterocycles. The molecule has 1 heteroatoms. The Morgan fingerprint density at radius 1 is 1.71 bits per heavy atom. The van der Waals surface area contributed by atoms with Crippen molar-refractivity contribution in [1.29, 1.82) is 0 Å². The van der Waals surface area contributed by atoms with Gasteiger partial charge in [0.15, 0.2) is 0 Å². The van der Waals surface area contributed by atoms with Crippen molar-refractivity contribution in [2.75, 3.05) is 0 Å². The molecular formula is C6H7K. The van der Waals surface area contributed by atoms with Crippen molar-refractivity contribution < 1.29 is 51.4 Å². The fourth-order valence-corrected chi connectivity index (χ4v) is 0.496. The Kier molecular flexibility index (Phi) is 4.69. The van der Waals surface area contributed by atoms with E-state index in [1.807, 2.05) is 6.08 Å². The van der Waals surface area contributed by atoms with Crippen LogP contribution in [0.3, 0.4) is 0 Å². The van der Waals surface area contributed by atoms with Gasteiger partial charge in [0, 0.05) is 0 Å². The van der Waals surface area contributed by atoms with Crippen LogP contribution in [0.15, 0.2) is 17.7 Å². The van der Waals surface area contributed by atoms with Gasteiger partial charge in [0.1, 0.15) is 0 Å². The van der Waals surface area contributed by atoms with Gasteiger partial charge in [-0.05, 0) is 0 Å². The van der Waals surface area contributed by atoms with E-state index in [1.165, 1.54) is 5.57 Å². The van der Waals surface area contributed by atoms with Gasteiger partial charge in [-0.1, -0.05) is 13.3 Å². The SMILES string of the molecule is CC1=[C-]C=CC1.[K+]. The molecule has 0 radical (unpaired) electrons. The van der Waals surface area contributed by atoms with E-state index in [2.05, 4.69) is 19.1 Å². The zero-order valence-electron chi connectivity index (χ0n) is 4.86. The summed E-state index contributed by atoms with van der Waals surface area (Å²) < 4.78 is 0. The standard InChI is InChI=1S/C6H7.K/c1-6-4-2-3-5-6;/h2-3H,4H2,1H3;/q-1;+1. The smallest absolute Gasteiger partial charge is 0.253 e. The quantitative estimate of drug-likeness (QED) is 0.274. The van der Waals surface area contributed by atoms with Crippen molar-refractivity contribution >= 4 is 0 Å². The zero-order valence-corrected chi connectivity index (χ0v) is 7.98. The maximum Gasteiger partial charge on any atom is 1.00 e. The van der Waals surface area contributed by atoms with Gasteiger partial charge in [0.2, 0.25) is 0 Å². The van der Waals surface area contributed by atoms with Gasteiger partial charge < -0.3 is 0 Å². The second kappa shape index (κ2) is 4.04. The first-order valence-electron chi connectivity index (χ1n) is 2.13. The molecule has 1 rings (SSSR count). The number of rotatable bonds is 0. The summed E-state index contributed by atoms with van der Waals surface area (Å²) >= 11 is 0. The molecule has 7 heavy (non-hydrogen) atoms. The van der Waals surface area contributed by atoms with Crippen LogP contribution in [-0.2, 0) is 0 Å². The van der Waals surface area contributed by atoms with Crippen LogP contribution in [0.1, 0.15) is 13.3 Å². The van der Waals surface area contributed by atoms with Crippen LogP contribution < -0.4 is 51.4 Å². The van der Waals surface area contributed by atoms with E-state index >= 15 is 0 Å². The summed E-state index contributed by atoms with van der Waals surface area (Å²) in [4.78, 5) is 0. The minimum Gasteiger partial charge on any atom is -0.253 e. The molecule has 32 valence electrons. The van der Waals surface area contributed by atoms with E-state index in [-0.39, 0.29) is 51.4 Å². The van der Waals surface area contributed by atoms with Gasteiger partial charge >= 0.3 is 51.4 Å². The third-order valence-electron chi connectivity index (χ3n) is 0.872. The van der Waals surface area contributed by atoms with Gasteiger partial charge in [-0.3, -0.25) is 6.08 Å². The van der Waals surface area contributed by atoms with Crippen LogP contribution in [0.2, 0.25) is 0 Å². The molecule has 0 spiro atoms. The Labute approximate surface area is 87.1 Å². The normalized spacial score (nSPS) is 15.9. The van der Waals surface area contributed by atoms with E-state index < -0.39 is 0 Å². The second-order valence-corrected chi connectivity index (χ2v) is 1.53. The topological polar surface area (TPSA) is 0 Å². The summed E-state index contributed by atoms with van der Waals surface area (Å²) in [7, 11) is 0. The molecule has 0 amide bonds. The van der Waals surface area contributed by atoms with E-state index in [1.54, 1.807) is 0 Å². The summed E-state index contributed by atoms with van der Waals surface area (Å²) in [5.41, 5.74) is 1.34. The minimum atomic E-state index is 0. The van der Waals surface area contributed by atoms with Gasteiger partial charge in [-0.2, -0.15) is 5.57 Å². The molecule has 1 aliphatic carbocycles. The molecule has 0 heterocycles. The van der Waals surface area contributed by atoms with Gasteiger partial charge in [-0.25, -0.2) is 12.2 Å². The molecule has 0 aromatic carbocycles. The summed E-state index contributed by atoms with van der Waals surface area (Å²) in [5.74, 6) is 0. The molecule has 0 N–H and O–H groups in total. The van der Waals surface area contributed by atoms with E-state index in [0.717, 1.165) is 6.42 Å². The molecule has 0 saturated heterocycles. The van der Waals surface area contributed by atoms with Crippen molar-refractivity contribution in [1.82, 2.24) is 0 Å².